The summed E-state index contributed by atoms with van der Waals surface area (Å²) >= 11 is 1.80. The van der Waals surface area contributed by atoms with Crippen LogP contribution in [0.4, 0.5) is 0 Å². The lowest BCUT2D eigenvalue weighted by molar-refractivity contribution is 0.179. The summed E-state index contributed by atoms with van der Waals surface area (Å²) in [5, 5.41) is 2.13. The minimum Gasteiger partial charge on any atom is -0.336 e. The molecule has 1 aliphatic heterocycles. The number of nitrogens with two attached hydrogens (primary N) is 1. The van der Waals surface area contributed by atoms with Gasteiger partial charge < -0.3 is 10.3 Å². The lowest BCUT2D eigenvalue weighted by Gasteiger charge is -2.38. The van der Waals surface area contributed by atoms with Crippen LogP contribution in [-0.4, -0.2) is 34.1 Å². The number of hydrogen-bond donors (Lipinski definition) is 1. The van der Waals surface area contributed by atoms with Crippen LogP contribution in [-0.2, 0) is 13.5 Å². The van der Waals surface area contributed by atoms with Gasteiger partial charge in [-0.1, -0.05) is 6.07 Å². The lowest BCUT2D eigenvalue weighted by Crippen LogP contribution is -2.46. The van der Waals surface area contributed by atoms with Crippen LogP contribution in [0.2, 0.25) is 0 Å². The van der Waals surface area contributed by atoms with Crippen molar-refractivity contribution in [2.45, 2.75) is 18.5 Å². The number of likely N-dealkylation sites (N-methyl/N-ethyl adjacent to an activating group) is 1. The average molecular weight is 262 g/mol. The van der Waals surface area contributed by atoms with Crippen LogP contribution in [0.1, 0.15) is 22.3 Å². The highest BCUT2D eigenvalue weighted by molar-refractivity contribution is 7.10. The van der Waals surface area contributed by atoms with Gasteiger partial charge in [0, 0.05) is 30.9 Å². The highest BCUT2D eigenvalue weighted by atomic mass is 32.1. The van der Waals surface area contributed by atoms with E-state index in [2.05, 4.69) is 46.1 Å². The van der Waals surface area contributed by atoms with Gasteiger partial charge in [-0.15, -0.1) is 11.3 Å². The number of aromatic nitrogens is 2. The van der Waals surface area contributed by atoms with Crippen molar-refractivity contribution in [3.05, 3.63) is 40.1 Å². The highest BCUT2D eigenvalue weighted by Gasteiger charge is 2.35. The number of hydrogen-bond acceptors (Lipinski definition) is 4. The topological polar surface area (TPSA) is 47.1 Å². The molecule has 5 heteroatoms. The Bertz CT molecular complexity index is 531. The zero-order valence-corrected chi connectivity index (χ0v) is 11.5. The van der Waals surface area contributed by atoms with E-state index in [1.54, 1.807) is 11.3 Å². The van der Waals surface area contributed by atoms with Gasteiger partial charge in [-0.3, -0.25) is 4.90 Å². The second-order valence-corrected chi connectivity index (χ2v) is 5.84. The van der Waals surface area contributed by atoms with Crippen molar-refractivity contribution in [3.63, 3.8) is 0 Å². The summed E-state index contributed by atoms with van der Waals surface area (Å²) in [4.78, 5) is 8.28. The van der Waals surface area contributed by atoms with E-state index in [0.29, 0.717) is 12.6 Å². The Labute approximate surface area is 111 Å². The van der Waals surface area contributed by atoms with Gasteiger partial charge in [-0.05, 0) is 18.5 Å². The minimum absolute atomic E-state index is 0.287. The Kier molecular flexibility index (Phi) is 2.97. The van der Waals surface area contributed by atoms with Crippen LogP contribution in [0.3, 0.4) is 0 Å². The Morgan fingerprint density at radius 2 is 2.33 bits per heavy atom. The van der Waals surface area contributed by atoms with Crippen LogP contribution < -0.4 is 5.73 Å². The molecule has 0 saturated heterocycles. The Balaban J connectivity index is 2.12. The summed E-state index contributed by atoms with van der Waals surface area (Å²) in [7, 11) is 4.24. The molecule has 18 heavy (non-hydrogen) atoms. The highest BCUT2D eigenvalue weighted by Crippen LogP contribution is 2.37. The first kappa shape index (κ1) is 11.9. The number of nitrogens with zero attached hydrogens (tertiary/aromatic N) is 3. The van der Waals surface area contributed by atoms with Gasteiger partial charge in [0.25, 0.3) is 0 Å². The molecule has 2 atom stereocenters. The van der Waals surface area contributed by atoms with Gasteiger partial charge in [0.2, 0.25) is 0 Å². The number of thiophene rings is 1. The van der Waals surface area contributed by atoms with Gasteiger partial charge in [0.1, 0.15) is 0 Å². The standard InChI is InChI=1S/C13H18N4S/c1-16-8-15-10-6-9(7-14)17(2)13(12(10)16)11-4-3-5-18-11/h3-5,8-9,13H,6-7,14H2,1-2H3. The van der Waals surface area contributed by atoms with Crippen LogP contribution in [0, 0.1) is 0 Å². The molecule has 3 rings (SSSR count). The molecule has 2 aromatic heterocycles. The minimum atomic E-state index is 0.287. The van der Waals surface area contributed by atoms with Crippen LogP contribution in [0.15, 0.2) is 23.8 Å². The van der Waals surface area contributed by atoms with E-state index in [0.717, 1.165) is 6.42 Å². The van der Waals surface area contributed by atoms with Crippen LogP contribution in [0.25, 0.3) is 0 Å². The molecule has 2 aromatic rings. The summed E-state index contributed by atoms with van der Waals surface area (Å²) in [5.41, 5.74) is 8.41. The van der Waals surface area contributed by atoms with Crippen molar-refractivity contribution in [3.8, 4) is 0 Å². The Morgan fingerprint density at radius 1 is 1.50 bits per heavy atom. The smallest absolute Gasteiger partial charge is 0.0949 e. The third-order valence-electron chi connectivity index (χ3n) is 3.82. The summed E-state index contributed by atoms with van der Waals surface area (Å²) < 4.78 is 2.14. The fourth-order valence-corrected chi connectivity index (χ4v) is 3.68. The van der Waals surface area contributed by atoms with E-state index < -0.39 is 0 Å². The van der Waals surface area contributed by atoms with Gasteiger partial charge in [-0.25, -0.2) is 4.98 Å². The molecule has 0 saturated carbocycles. The number of fused-ring (bicyclic) bond motifs is 1. The molecule has 0 bridgehead atoms. The lowest BCUT2D eigenvalue weighted by atomic mass is 9.95. The molecule has 0 aliphatic carbocycles. The molecule has 96 valence electrons. The fraction of sp³-hybridized carbons (Fsp3) is 0.462. The van der Waals surface area contributed by atoms with Crippen molar-refractivity contribution in [1.82, 2.24) is 14.5 Å². The van der Waals surface area contributed by atoms with E-state index in [1.165, 1.54) is 16.3 Å². The zero-order valence-electron chi connectivity index (χ0n) is 10.7. The largest absolute Gasteiger partial charge is 0.336 e. The molecule has 2 unspecified atom stereocenters. The van der Waals surface area contributed by atoms with Gasteiger partial charge in [0.05, 0.1) is 23.8 Å². The van der Waals surface area contributed by atoms with E-state index in [9.17, 15) is 0 Å². The Morgan fingerprint density at radius 3 is 3.00 bits per heavy atom. The first-order valence-corrected chi connectivity index (χ1v) is 7.05. The second-order valence-electron chi connectivity index (χ2n) is 4.86. The van der Waals surface area contributed by atoms with Crippen LogP contribution in [0.5, 0.6) is 0 Å². The van der Waals surface area contributed by atoms with Crippen molar-refractivity contribution < 1.29 is 0 Å². The van der Waals surface area contributed by atoms with Crippen molar-refractivity contribution in [2.75, 3.05) is 13.6 Å². The molecule has 1 aliphatic rings. The molecule has 4 nitrogen and oxygen atoms in total. The quantitative estimate of drug-likeness (QED) is 0.889. The maximum Gasteiger partial charge on any atom is 0.0949 e. The van der Waals surface area contributed by atoms with Gasteiger partial charge >= 0.3 is 0 Å². The first-order valence-electron chi connectivity index (χ1n) is 6.18. The van der Waals surface area contributed by atoms with E-state index in [4.69, 9.17) is 5.73 Å². The normalized spacial score (nSPS) is 24.2. The van der Waals surface area contributed by atoms with E-state index in [-0.39, 0.29) is 6.04 Å². The zero-order chi connectivity index (χ0) is 12.7. The maximum absolute atomic E-state index is 5.90. The molecule has 0 amide bonds. The summed E-state index contributed by atoms with van der Waals surface area (Å²) in [6.45, 7) is 0.675. The predicted octanol–water partition coefficient (Wildman–Crippen LogP) is 1.39. The van der Waals surface area contributed by atoms with E-state index >= 15 is 0 Å². The maximum atomic E-state index is 5.90. The third kappa shape index (κ3) is 1.70. The molecule has 2 N–H and O–H groups in total. The molecular weight excluding hydrogens is 244 g/mol. The number of rotatable bonds is 2. The van der Waals surface area contributed by atoms with Gasteiger partial charge in [0.15, 0.2) is 0 Å². The van der Waals surface area contributed by atoms with Crippen LogP contribution >= 0.6 is 11.3 Å². The molecule has 3 heterocycles. The molecular formula is C13H18N4S. The van der Waals surface area contributed by atoms with Crippen molar-refractivity contribution >= 4 is 11.3 Å². The summed E-state index contributed by atoms with van der Waals surface area (Å²) in [6, 6.07) is 4.96. The fourth-order valence-electron chi connectivity index (χ4n) is 2.80. The monoisotopic (exact) mass is 262 g/mol. The average Bonchev–Trinajstić information content (AvgIpc) is 3.00. The second kappa shape index (κ2) is 4.50. The third-order valence-corrected chi connectivity index (χ3v) is 4.74. The SMILES string of the molecule is CN1C(CN)Cc2ncn(C)c2C1c1cccs1. The van der Waals surface area contributed by atoms with Crippen molar-refractivity contribution in [1.29, 1.82) is 0 Å². The molecule has 0 fully saturated rings. The first-order chi connectivity index (χ1) is 8.72. The molecule has 0 aromatic carbocycles. The van der Waals surface area contributed by atoms with E-state index in [1.807, 2.05) is 6.33 Å². The summed E-state index contributed by atoms with van der Waals surface area (Å²) in [5.74, 6) is 0. The Hall–Kier alpha value is -1.17. The molecule has 0 radical (unpaired) electrons. The summed E-state index contributed by atoms with van der Waals surface area (Å²) in [6.07, 6.45) is 2.86. The number of imidazole rings is 1. The van der Waals surface area contributed by atoms with Gasteiger partial charge in [-0.2, -0.15) is 0 Å². The predicted molar refractivity (Wildman–Crippen MR) is 73.7 cm³/mol. The molecule has 0 spiro atoms. The van der Waals surface area contributed by atoms with Crippen molar-refractivity contribution in [2.24, 2.45) is 12.8 Å². The number of aryl methyl sites for hydroxylation is 1.